The quantitative estimate of drug-likeness (QED) is 0.724. The summed E-state index contributed by atoms with van der Waals surface area (Å²) in [6, 6.07) is 1.10. The number of benzene rings is 1. The molecular formula is C13H16FNO6S. The topological polar surface area (TPSA) is 110 Å². The predicted octanol–water partition coefficient (Wildman–Crippen LogP) is 1.14. The van der Waals surface area contributed by atoms with E-state index in [0.717, 1.165) is 19.2 Å². The molecule has 1 aromatic carbocycles. The van der Waals surface area contributed by atoms with E-state index in [4.69, 9.17) is 5.11 Å². The maximum atomic E-state index is 13.5. The fraction of sp³-hybridized carbons (Fsp3) is 0.385. The number of carbonyl (C=O) groups excluding carboxylic acids is 1. The van der Waals surface area contributed by atoms with E-state index in [1.165, 1.54) is 0 Å². The summed E-state index contributed by atoms with van der Waals surface area (Å²) in [5, 5.41) is 8.97. The number of hydrogen-bond donors (Lipinski definition) is 2. The van der Waals surface area contributed by atoms with Crippen LogP contribution in [0.15, 0.2) is 23.1 Å². The van der Waals surface area contributed by atoms with Gasteiger partial charge in [0, 0.05) is 0 Å². The van der Waals surface area contributed by atoms with Crippen molar-refractivity contribution in [3.63, 3.8) is 0 Å². The molecule has 0 saturated heterocycles. The van der Waals surface area contributed by atoms with Crippen molar-refractivity contribution in [3.05, 3.63) is 29.6 Å². The number of ether oxygens (including phenoxy) is 1. The summed E-state index contributed by atoms with van der Waals surface area (Å²) in [5.41, 5.74) is -0.287. The zero-order chi connectivity index (χ0) is 16.9. The van der Waals surface area contributed by atoms with Gasteiger partial charge in [0.25, 0.3) is 0 Å². The van der Waals surface area contributed by atoms with E-state index in [0.29, 0.717) is 12.5 Å². The van der Waals surface area contributed by atoms with Gasteiger partial charge >= 0.3 is 11.9 Å². The predicted molar refractivity (Wildman–Crippen MR) is 74.4 cm³/mol. The molecule has 22 heavy (non-hydrogen) atoms. The van der Waals surface area contributed by atoms with Crippen molar-refractivity contribution in [2.24, 2.45) is 0 Å². The Hall–Kier alpha value is -2.00. The lowest BCUT2D eigenvalue weighted by Gasteiger charge is -2.14. The molecule has 122 valence electrons. The Morgan fingerprint density at radius 3 is 2.50 bits per heavy atom. The van der Waals surface area contributed by atoms with Gasteiger partial charge in [-0.05, 0) is 24.6 Å². The highest BCUT2D eigenvalue weighted by Gasteiger charge is 2.26. The second-order valence-corrected chi connectivity index (χ2v) is 6.18. The summed E-state index contributed by atoms with van der Waals surface area (Å²) in [7, 11) is -3.22. The Bertz CT molecular complexity index is 673. The molecule has 0 spiro atoms. The molecule has 0 bridgehead atoms. The molecule has 0 aliphatic heterocycles. The molecule has 1 atom stereocenters. The number of carbonyl (C=O) groups is 2. The molecule has 9 heteroatoms. The van der Waals surface area contributed by atoms with E-state index in [2.05, 4.69) is 4.74 Å². The van der Waals surface area contributed by atoms with Crippen LogP contribution in [0.1, 0.15) is 30.1 Å². The molecule has 1 unspecified atom stereocenters. The molecule has 1 rings (SSSR count). The summed E-state index contributed by atoms with van der Waals surface area (Å²) in [6.45, 7) is 1.70. The van der Waals surface area contributed by atoms with Crippen molar-refractivity contribution in [2.75, 3.05) is 7.11 Å². The van der Waals surface area contributed by atoms with E-state index >= 15 is 0 Å². The van der Waals surface area contributed by atoms with Crippen molar-refractivity contribution < 1.29 is 32.2 Å². The van der Waals surface area contributed by atoms with Gasteiger partial charge in [-0.2, -0.15) is 4.72 Å². The van der Waals surface area contributed by atoms with Gasteiger partial charge in [-0.25, -0.2) is 17.6 Å². The summed E-state index contributed by atoms with van der Waals surface area (Å²) in [4.78, 5) is 21.8. The SMILES string of the molecule is CCCC(NS(=O)(=O)c1cc(F)cc(C(=O)OC)c1)C(=O)O. The number of aliphatic carboxylic acids is 1. The van der Waals surface area contributed by atoms with E-state index in [1.807, 2.05) is 4.72 Å². The Labute approximate surface area is 127 Å². The first-order chi connectivity index (χ1) is 10.2. The van der Waals surface area contributed by atoms with Crippen LogP contribution in [0.4, 0.5) is 4.39 Å². The molecule has 0 amide bonds. The number of carboxylic acid groups (broad SMARTS) is 1. The number of halogens is 1. The van der Waals surface area contributed by atoms with Crippen LogP contribution in [-0.2, 0) is 19.6 Å². The van der Waals surface area contributed by atoms with Gasteiger partial charge < -0.3 is 9.84 Å². The van der Waals surface area contributed by atoms with Gasteiger partial charge in [-0.1, -0.05) is 13.3 Å². The van der Waals surface area contributed by atoms with Gasteiger partial charge in [0.2, 0.25) is 10.0 Å². The van der Waals surface area contributed by atoms with Crippen LogP contribution in [-0.4, -0.2) is 38.6 Å². The number of nitrogens with one attached hydrogen (secondary N) is 1. The second kappa shape index (κ2) is 7.32. The first-order valence-electron chi connectivity index (χ1n) is 6.35. The van der Waals surface area contributed by atoms with Crippen molar-refractivity contribution in [1.82, 2.24) is 4.72 Å². The van der Waals surface area contributed by atoms with Crippen LogP contribution in [0, 0.1) is 5.82 Å². The van der Waals surface area contributed by atoms with Crippen LogP contribution in [0.5, 0.6) is 0 Å². The minimum absolute atomic E-state index is 0.0771. The number of carboxylic acids is 1. The zero-order valence-electron chi connectivity index (χ0n) is 12.0. The van der Waals surface area contributed by atoms with Crippen LogP contribution in [0.2, 0.25) is 0 Å². The number of methoxy groups -OCH3 is 1. The smallest absolute Gasteiger partial charge is 0.337 e. The van der Waals surface area contributed by atoms with Crippen molar-refractivity contribution in [3.8, 4) is 0 Å². The van der Waals surface area contributed by atoms with Gasteiger partial charge in [-0.15, -0.1) is 0 Å². The highest BCUT2D eigenvalue weighted by Crippen LogP contribution is 2.16. The monoisotopic (exact) mass is 333 g/mol. The third kappa shape index (κ3) is 4.50. The highest BCUT2D eigenvalue weighted by molar-refractivity contribution is 7.89. The largest absolute Gasteiger partial charge is 0.480 e. The molecule has 0 radical (unpaired) electrons. The molecule has 0 aliphatic rings. The number of hydrogen-bond acceptors (Lipinski definition) is 5. The summed E-state index contributed by atoms with van der Waals surface area (Å²) < 4.78 is 44.1. The van der Waals surface area contributed by atoms with Crippen LogP contribution < -0.4 is 4.72 Å². The summed E-state index contributed by atoms with van der Waals surface area (Å²) >= 11 is 0. The van der Waals surface area contributed by atoms with Crippen LogP contribution in [0.25, 0.3) is 0 Å². The lowest BCUT2D eigenvalue weighted by atomic mass is 10.2. The highest BCUT2D eigenvalue weighted by atomic mass is 32.2. The van der Waals surface area contributed by atoms with Crippen molar-refractivity contribution in [2.45, 2.75) is 30.7 Å². The van der Waals surface area contributed by atoms with E-state index < -0.39 is 38.7 Å². The lowest BCUT2D eigenvalue weighted by Crippen LogP contribution is -2.40. The molecule has 7 nitrogen and oxygen atoms in total. The van der Waals surface area contributed by atoms with Gasteiger partial charge in [0.1, 0.15) is 11.9 Å². The molecular weight excluding hydrogens is 317 g/mol. The molecule has 0 fully saturated rings. The Balaban J connectivity index is 3.19. The van der Waals surface area contributed by atoms with Crippen molar-refractivity contribution in [1.29, 1.82) is 0 Å². The molecule has 0 aliphatic carbocycles. The zero-order valence-corrected chi connectivity index (χ0v) is 12.8. The maximum Gasteiger partial charge on any atom is 0.337 e. The summed E-state index contributed by atoms with van der Waals surface area (Å²) in [6.07, 6.45) is 0.518. The van der Waals surface area contributed by atoms with E-state index in [1.54, 1.807) is 6.92 Å². The minimum Gasteiger partial charge on any atom is -0.480 e. The average Bonchev–Trinajstić information content (AvgIpc) is 2.45. The Morgan fingerprint density at radius 1 is 1.36 bits per heavy atom. The maximum absolute atomic E-state index is 13.5. The third-order valence-electron chi connectivity index (χ3n) is 2.78. The first-order valence-corrected chi connectivity index (χ1v) is 7.83. The third-order valence-corrected chi connectivity index (χ3v) is 4.23. The molecule has 0 saturated carbocycles. The molecule has 2 N–H and O–H groups in total. The van der Waals surface area contributed by atoms with Crippen molar-refractivity contribution >= 4 is 22.0 Å². The minimum atomic E-state index is -4.29. The fourth-order valence-electron chi connectivity index (χ4n) is 1.73. The molecule has 1 aromatic rings. The Kier molecular flexibility index (Phi) is 6.01. The van der Waals surface area contributed by atoms with Crippen LogP contribution >= 0.6 is 0 Å². The fourth-order valence-corrected chi connectivity index (χ4v) is 3.01. The van der Waals surface area contributed by atoms with E-state index in [-0.39, 0.29) is 12.0 Å². The number of esters is 1. The number of rotatable bonds is 7. The summed E-state index contributed by atoms with van der Waals surface area (Å²) in [5.74, 6) is -3.19. The van der Waals surface area contributed by atoms with Gasteiger partial charge in [-0.3, -0.25) is 4.79 Å². The van der Waals surface area contributed by atoms with Crippen LogP contribution in [0.3, 0.4) is 0 Å². The Morgan fingerprint density at radius 2 is 2.00 bits per heavy atom. The lowest BCUT2D eigenvalue weighted by molar-refractivity contribution is -0.139. The number of sulfonamides is 1. The van der Waals surface area contributed by atoms with E-state index in [9.17, 15) is 22.4 Å². The normalized spacial score (nSPS) is 12.7. The second-order valence-electron chi connectivity index (χ2n) is 4.47. The van der Waals surface area contributed by atoms with Gasteiger partial charge in [0.05, 0.1) is 17.6 Å². The first kappa shape index (κ1) is 18.1. The molecule has 0 aromatic heterocycles. The molecule has 0 heterocycles. The standard InChI is InChI=1S/C13H16FNO6S/c1-3-4-11(12(16)17)15-22(19,20)10-6-8(13(18)21-2)5-9(14)7-10/h5-7,11,15H,3-4H2,1-2H3,(H,16,17). The van der Waals surface area contributed by atoms with Gasteiger partial charge in [0.15, 0.2) is 0 Å². The average molecular weight is 333 g/mol.